The number of rotatable bonds is 6. The van der Waals surface area contributed by atoms with E-state index in [-0.39, 0.29) is 0 Å². The average Bonchev–Trinajstić information content (AvgIpc) is 3.20. The van der Waals surface area contributed by atoms with Crippen molar-refractivity contribution >= 4 is 54.5 Å². The Bertz CT molecular complexity index is 1280. The Morgan fingerprint density at radius 3 is 2.52 bits per heavy atom. The number of imidazole rings is 1. The molecule has 0 unspecified atom stereocenters. The van der Waals surface area contributed by atoms with E-state index in [4.69, 9.17) is 9.47 Å². The van der Waals surface area contributed by atoms with Crippen LogP contribution in [0.3, 0.4) is 0 Å². The predicted molar refractivity (Wildman–Crippen MR) is 129 cm³/mol. The van der Waals surface area contributed by atoms with Crippen molar-refractivity contribution < 1.29 is 9.47 Å². The summed E-state index contributed by atoms with van der Waals surface area (Å²) in [5, 5.41) is 9.72. The molecule has 0 amide bonds. The third-order valence-electron chi connectivity index (χ3n) is 4.62. The average molecular weight is 539 g/mol. The highest BCUT2D eigenvalue weighted by Gasteiger charge is 2.12. The van der Waals surface area contributed by atoms with Crippen molar-refractivity contribution in [1.29, 1.82) is 5.26 Å². The largest absolute Gasteiger partial charge is 0.497 e. The number of nitriles is 1. The van der Waals surface area contributed by atoms with Crippen LogP contribution in [0.25, 0.3) is 22.7 Å². The standard InChI is InChI=1S/C24H17Br2N3O2/c1-30-18-7-8-21-22(12-18)29-24(28-21)17(13-27)9-16-10-19(25)23(20(26)11-16)31-14-15-5-3-2-4-6-15/h2-12H,14H2,1H3,(H,28,29)/b17-9-. The van der Waals surface area contributed by atoms with Crippen LogP contribution in [0.1, 0.15) is 17.0 Å². The van der Waals surface area contributed by atoms with E-state index in [1.54, 1.807) is 13.2 Å². The molecule has 0 spiro atoms. The van der Waals surface area contributed by atoms with E-state index in [1.807, 2.05) is 60.7 Å². The number of nitrogens with zero attached hydrogens (tertiary/aromatic N) is 2. The highest BCUT2D eigenvalue weighted by atomic mass is 79.9. The van der Waals surface area contributed by atoms with Crippen molar-refractivity contribution in [3.05, 3.63) is 86.6 Å². The molecule has 0 aliphatic heterocycles. The van der Waals surface area contributed by atoms with Gasteiger partial charge in [-0.1, -0.05) is 30.3 Å². The lowest BCUT2D eigenvalue weighted by Crippen LogP contribution is -1.97. The van der Waals surface area contributed by atoms with Gasteiger partial charge in [-0.15, -0.1) is 0 Å². The lowest BCUT2D eigenvalue weighted by molar-refractivity contribution is 0.302. The molecule has 5 nitrogen and oxygen atoms in total. The van der Waals surface area contributed by atoms with Gasteiger partial charge >= 0.3 is 0 Å². The first-order valence-electron chi connectivity index (χ1n) is 9.39. The van der Waals surface area contributed by atoms with Crippen LogP contribution in [0.2, 0.25) is 0 Å². The Balaban J connectivity index is 1.61. The molecule has 0 saturated heterocycles. The molecule has 0 aliphatic rings. The maximum Gasteiger partial charge on any atom is 0.149 e. The second kappa shape index (κ2) is 9.38. The summed E-state index contributed by atoms with van der Waals surface area (Å²) in [5.41, 5.74) is 3.91. The Morgan fingerprint density at radius 2 is 1.84 bits per heavy atom. The first-order valence-corrected chi connectivity index (χ1v) is 11.0. The maximum atomic E-state index is 9.72. The summed E-state index contributed by atoms with van der Waals surface area (Å²) in [6.07, 6.45) is 1.78. The SMILES string of the molecule is COc1ccc2nc(/C(C#N)=C\c3cc(Br)c(OCc4ccccc4)c(Br)c3)[nH]c2c1. The van der Waals surface area contributed by atoms with Crippen molar-refractivity contribution in [2.24, 2.45) is 0 Å². The second-order valence-corrected chi connectivity index (χ2v) is 8.43. The van der Waals surface area contributed by atoms with E-state index in [9.17, 15) is 5.26 Å². The molecule has 0 radical (unpaired) electrons. The normalized spacial score (nSPS) is 11.4. The molecule has 31 heavy (non-hydrogen) atoms. The Morgan fingerprint density at radius 1 is 1.10 bits per heavy atom. The first kappa shape index (κ1) is 21.2. The van der Waals surface area contributed by atoms with Gasteiger partial charge in [0.05, 0.1) is 32.7 Å². The van der Waals surface area contributed by atoms with Crippen LogP contribution in [0, 0.1) is 11.3 Å². The zero-order valence-corrected chi connectivity index (χ0v) is 19.7. The van der Waals surface area contributed by atoms with Gasteiger partial charge in [0.15, 0.2) is 0 Å². The third-order valence-corrected chi connectivity index (χ3v) is 5.80. The summed E-state index contributed by atoms with van der Waals surface area (Å²) in [4.78, 5) is 7.72. The zero-order chi connectivity index (χ0) is 21.8. The minimum Gasteiger partial charge on any atom is -0.497 e. The highest BCUT2D eigenvalue weighted by molar-refractivity contribution is 9.11. The second-order valence-electron chi connectivity index (χ2n) is 6.73. The number of aromatic amines is 1. The maximum absolute atomic E-state index is 9.72. The van der Waals surface area contributed by atoms with E-state index < -0.39 is 0 Å². The molecule has 4 aromatic rings. The Hall–Kier alpha value is -3.08. The van der Waals surface area contributed by atoms with Gasteiger partial charge in [-0.25, -0.2) is 4.98 Å². The van der Waals surface area contributed by atoms with Crippen LogP contribution in [-0.2, 0) is 6.61 Å². The van der Waals surface area contributed by atoms with Gasteiger partial charge in [0, 0.05) is 6.07 Å². The number of benzene rings is 3. The van der Waals surface area contributed by atoms with Gasteiger partial charge in [-0.2, -0.15) is 5.26 Å². The number of hydrogen-bond donors (Lipinski definition) is 1. The molecule has 1 heterocycles. The summed E-state index contributed by atoms with van der Waals surface area (Å²) < 4.78 is 12.8. The van der Waals surface area contributed by atoms with E-state index in [0.29, 0.717) is 23.8 Å². The molecule has 0 bridgehead atoms. The van der Waals surface area contributed by atoms with Crippen molar-refractivity contribution in [2.75, 3.05) is 7.11 Å². The number of halogens is 2. The smallest absolute Gasteiger partial charge is 0.149 e. The van der Waals surface area contributed by atoms with E-state index >= 15 is 0 Å². The van der Waals surface area contributed by atoms with E-state index in [0.717, 1.165) is 36.9 Å². The molecule has 0 saturated carbocycles. The zero-order valence-electron chi connectivity index (χ0n) is 16.5. The van der Waals surface area contributed by atoms with Gasteiger partial charge in [0.25, 0.3) is 0 Å². The fourth-order valence-corrected chi connectivity index (χ4v) is 4.54. The molecular formula is C24H17Br2N3O2. The van der Waals surface area contributed by atoms with Crippen LogP contribution in [0.4, 0.5) is 0 Å². The number of methoxy groups -OCH3 is 1. The lowest BCUT2D eigenvalue weighted by Gasteiger charge is -2.11. The third kappa shape index (κ3) is 4.82. The number of H-pyrrole nitrogens is 1. The number of fused-ring (bicyclic) bond motifs is 1. The minimum atomic E-state index is 0.423. The van der Waals surface area contributed by atoms with Crippen molar-refractivity contribution in [2.45, 2.75) is 6.61 Å². The summed E-state index contributed by atoms with van der Waals surface area (Å²) in [6, 6.07) is 21.6. The van der Waals surface area contributed by atoms with Gasteiger partial charge in [-0.3, -0.25) is 0 Å². The van der Waals surface area contributed by atoms with Gasteiger partial charge in [-0.05, 0) is 73.3 Å². The van der Waals surface area contributed by atoms with Gasteiger partial charge in [0.2, 0.25) is 0 Å². The highest BCUT2D eigenvalue weighted by Crippen LogP contribution is 2.36. The van der Waals surface area contributed by atoms with Gasteiger partial charge < -0.3 is 14.5 Å². The van der Waals surface area contributed by atoms with Crippen LogP contribution >= 0.6 is 31.9 Å². The minimum absolute atomic E-state index is 0.423. The van der Waals surface area contributed by atoms with Crippen LogP contribution in [-0.4, -0.2) is 17.1 Å². The monoisotopic (exact) mass is 537 g/mol. The molecule has 0 fully saturated rings. The van der Waals surface area contributed by atoms with Crippen molar-refractivity contribution in [3.63, 3.8) is 0 Å². The molecule has 7 heteroatoms. The van der Waals surface area contributed by atoms with Gasteiger partial charge in [0.1, 0.15) is 30.0 Å². The van der Waals surface area contributed by atoms with Crippen LogP contribution < -0.4 is 9.47 Å². The molecular weight excluding hydrogens is 522 g/mol. The summed E-state index contributed by atoms with van der Waals surface area (Å²) >= 11 is 7.16. The first-order chi connectivity index (χ1) is 15.1. The number of hydrogen-bond acceptors (Lipinski definition) is 4. The predicted octanol–water partition coefficient (Wildman–Crippen LogP) is 6.74. The molecule has 0 aliphatic carbocycles. The Kier molecular flexibility index (Phi) is 6.40. The molecule has 4 rings (SSSR count). The molecule has 154 valence electrons. The topological polar surface area (TPSA) is 70.9 Å². The fourth-order valence-electron chi connectivity index (χ4n) is 3.09. The van der Waals surface area contributed by atoms with Crippen molar-refractivity contribution in [3.8, 4) is 17.6 Å². The number of nitrogens with one attached hydrogen (secondary N) is 1. The Labute approximate surface area is 196 Å². The molecule has 0 atom stereocenters. The summed E-state index contributed by atoms with van der Waals surface area (Å²) in [5.74, 6) is 1.93. The number of aromatic nitrogens is 2. The summed E-state index contributed by atoms with van der Waals surface area (Å²) in [6.45, 7) is 0.457. The van der Waals surface area contributed by atoms with Crippen molar-refractivity contribution in [1.82, 2.24) is 9.97 Å². The van der Waals surface area contributed by atoms with Crippen LogP contribution in [0.15, 0.2) is 69.6 Å². The molecule has 1 N–H and O–H groups in total. The quantitative estimate of drug-likeness (QED) is 0.276. The lowest BCUT2D eigenvalue weighted by atomic mass is 10.1. The number of ether oxygens (including phenoxy) is 2. The molecule has 1 aromatic heterocycles. The fraction of sp³-hybridized carbons (Fsp3) is 0.0833. The van der Waals surface area contributed by atoms with E-state index in [1.165, 1.54) is 0 Å². The number of allylic oxidation sites excluding steroid dienone is 1. The summed E-state index contributed by atoms with van der Waals surface area (Å²) in [7, 11) is 1.61. The molecule has 3 aromatic carbocycles. The van der Waals surface area contributed by atoms with E-state index in [2.05, 4.69) is 47.9 Å². The van der Waals surface area contributed by atoms with Crippen LogP contribution in [0.5, 0.6) is 11.5 Å².